The molecule has 0 aliphatic rings. The molecule has 9 nitrogen and oxygen atoms in total. The van der Waals surface area contributed by atoms with Crippen molar-refractivity contribution >= 4 is 23.8 Å². The highest BCUT2D eigenvalue weighted by Gasteiger charge is 2.11. The van der Waals surface area contributed by atoms with Gasteiger partial charge in [-0.15, -0.1) is 0 Å². The molecule has 130 valence electrons. The summed E-state index contributed by atoms with van der Waals surface area (Å²) in [4.78, 5) is 45.0. The van der Waals surface area contributed by atoms with Crippen LogP contribution in [0.5, 0.6) is 5.75 Å². The number of methoxy groups -OCH3 is 1. The van der Waals surface area contributed by atoms with Gasteiger partial charge in [0.2, 0.25) is 5.91 Å². The molecule has 1 rings (SSSR count). The number of rotatable bonds is 7. The minimum Gasteiger partial charge on any atom is -0.484 e. The fraction of sp³-hybridized carbons (Fsp3) is 0.333. The Morgan fingerprint density at radius 2 is 1.62 bits per heavy atom. The molecule has 0 bridgehead atoms. The Bertz CT molecular complexity index is 598. The fourth-order valence-electron chi connectivity index (χ4n) is 1.47. The third kappa shape index (κ3) is 6.77. The van der Waals surface area contributed by atoms with E-state index in [1.807, 2.05) is 5.43 Å². The van der Waals surface area contributed by atoms with Crippen LogP contribution in [0.1, 0.15) is 23.7 Å². The monoisotopic (exact) mass is 338 g/mol. The molecule has 2 N–H and O–H groups in total. The number of hydrogen-bond acceptors (Lipinski definition) is 7. The molecule has 0 atom stereocenters. The third-order valence-electron chi connectivity index (χ3n) is 2.61. The van der Waals surface area contributed by atoms with Gasteiger partial charge in [0.1, 0.15) is 12.2 Å². The zero-order valence-corrected chi connectivity index (χ0v) is 13.3. The summed E-state index contributed by atoms with van der Waals surface area (Å²) in [5, 5.41) is 0. The van der Waals surface area contributed by atoms with E-state index in [1.54, 1.807) is 6.92 Å². The second-order valence-corrected chi connectivity index (χ2v) is 4.38. The van der Waals surface area contributed by atoms with Gasteiger partial charge in [0.25, 0.3) is 5.91 Å². The highest BCUT2D eigenvalue weighted by Crippen LogP contribution is 2.12. The number of carbonyl (C=O) groups is 4. The van der Waals surface area contributed by atoms with Crippen LogP contribution in [-0.4, -0.2) is 44.1 Å². The number of hydrazine groups is 1. The molecule has 0 saturated heterocycles. The van der Waals surface area contributed by atoms with Gasteiger partial charge < -0.3 is 14.2 Å². The third-order valence-corrected chi connectivity index (χ3v) is 2.61. The predicted octanol–water partition coefficient (Wildman–Crippen LogP) is -0.0474. The lowest BCUT2D eigenvalue weighted by Crippen LogP contribution is -2.44. The molecule has 0 aliphatic heterocycles. The molecule has 0 heterocycles. The van der Waals surface area contributed by atoms with Gasteiger partial charge in [0.15, 0.2) is 6.61 Å². The average Bonchev–Trinajstić information content (AvgIpc) is 2.58. The van der Waals surface area contributed by atoms with Crippen LogP contribution in [0.3, 0.4) is 0 Å². The standard InChI is InChI=1S/C15H18N2O7/c1-3-23-15(21)10-4-6-11(7-5-10)24-9-13(19)17-16-12(18)8-14(20)22-2/h4-7H,3,8-9H2,1-2H3,(H,16,18)(H,17,19). The molecule has 9 heteroatoms. The maximum atomic E-state index is 11.5. The van der Waals surface area contributed by atoms with Crippen molar-refractivity contribution in [2.45, 2.75) is 13.3 Å². The lowest BCUT2D eigenvalue weighted by atomic mass is 10.2. The highest BCUT2D eigenvalue weighted by molar-refractivity contribution is 5.95. The van der Waals surface area contributed by atoms with Crippen LogP contribution in [0.2, 0.25) is 0 Å². The molecule has 0 fully saturated rings. The maximum absolute atomic E-state index is 11.5. The molecule has 1 aromatic rings. The molecule has 1 aromatic carbocycles. The Labute approximate surface area is 138 Å². The first-order valence-corrected chi connectivity index (χ1v) is 7.00. The summed E-state index contributed by atoms with van der Waals surface area (Å²) in [7, 11) is 1.15. The molecular weight excluding hydrogens is 320 g/mol. The van der Waals surface area contributed by atoms with Gasteiger partial charge in [-0.25, -0.2) is 4.79 Å². The van der Waals surface area contributed by atoms with E-state index < -0.39 is 30.2 Å². The van der Waals surface area contributed by atoms with Crippen LogP contribution in [-0.2, 0) is 23.9 Å². The van der Waals surface area contributed by atoms with Crippen molar-refractivity contribution in [3.63, 3.8) is 0 Å². The largest absolute Gasteiger partial charge is 0.484 e. The van der Waals surface area contributed by atoms with Crippen molar-refractivity contribution in [1.82, 2.24) is 10.9 Å². The molecule has 0 radical (unpaired) electrons. The van der Waals surface area contributed by atoms with E-state index in [0.717, 1.165) is 7.11 Å². The first kappa shape index (κ1) is 18.9. The summed E-state index contributed by atoms with van der Waals surface area (Å²) in [6.07, 6.45) is -0.507. The Hall–Kier alpha value is -3.10. The van der Waals surface area contributed by atoms with E-state index >= 15 is 0 Å². The lowest BCUT2D eigenvalue weighted by molar-refractivity contribution is -0.144. The number of hydrogen-bond donors (Lipinski definition) is 2. The first-order chi connectivity index (χ1) is 11.5. The maximum Gasteiger partial charge on any atom is 0.338 e. The molecule has 24 heavy (non-hydrogen) atoms. The second-order valence-electron chi connectivity index (χ2n) is 4.38. The Morgan fingerprint density at radius 3 is 2.21 bits per heavy atom. The number of amides is 2. The minimum atomic E-state index is -0.723. The van der Waals surface area contributed by atoms with Crippen molar-refractivity contribution in [1.29, 1.82) is 0 Å². The molecular formula is C15H18N2O7. The van der Waals surface area contributed by atoms with E-state index in [0.29, 0.717) is 11.3 Å². The van der Waals surface area contributed by atoms with Gasteiger partial charge in [-0.1, -0.05) is 0 Å². The van der Waals surface area contributed by atoms with Crippen molar-refractivity contribution in [3.05, 3.63) is 29.8 Å². The SMILES string of the molecule is CCOC(=O)c1ccc(OCC(=O)NNC(=O)CC(=O)OC)cc1. The van der Waals surface area contributed by atoms with Crippen LogP contribution in [0.25, 0.3) is 0 Å². The first-order valence-electron chi connectivity index (χ1n) is 7.00. The Morgan fingerprint density at radius 1 is 1.00 bits per heavy atom. The number of esters is 2. The quantitative estimate of drug-likeness (QED) is 0.406. The summed E-state index contributed by atoms with van der Waals surface area (Å²) in [6.45, 7) is 1.62. The summed E-state index contributed by atoms with van der Waals surface area (Å²) >= 11 is 0. The molecule has 0 aromatic heterocycles. The summed E-state index contributed by atoms with van der Waals surface area (Å²) < 4.78 is 14.3. The summed E-state index contributed by atoms with van der Waals surface area (Å²) in [5.41, 5.74) is 4.49. The molecule has 2 amide bonds. The van der Waals surface area contributed by atoms with Gasteiger partial charge in [-0.3, -0.25) is 25.2 Å². The average molecular weight is 338 g/mol. The molecule has 0 unspecified atom stereocenters. The Balaban J connectivity index is 2.35. The van der Waals surface area contributed by atoms with Gasteiger partial charge in [-0.05, 0) is 31.2 Å². The zero-order chi connectivity index (χ0) is 17.9. The lowest BCUT2D eigenvalue weighted by Gasteiger charge is -2.09. The number of benzene rings is 1. The zero-order valence-electron chi connectivity index (χ0n) is 13.3. The Kier molecular flexibility index (Phi) is 7.76. The van der Waals surface area contributed by atoms with Crippen molar-refractivity contribution in [3.8, 4) is 5.75 Å². The molecule has 0 spiro atoms. The van der Waals surface area contributed by atoms with E-state index in [2.05, 4.69) is 10.2 Å². The van der Waals surface area contributed by atoms with E-state index in [4.69, 9.17) is 9.47 Å². The van der Waals surface area contributed by atoms with Gasteiger partial charge in [-0.2, -0.15) is 0 Å². The van der Waals surface area contributed by atoms with Crippen LogP contribution >= 0.6 is 0 Å². The van der Waals surface area contributed by atoms with E-state index in [1.165, 1.54) is 24.3 Å². The highest BCUT2D eigenvalue weighted by atomic mass is 16.5. The minimum absolute atomic E-state index is 0.277. The van der Waals surface area contributed by atoms with Crippen molar-refractivity contribution in [2.75, 3.05) is 20.3 Å². The van der Waals surface area contributed by atoms with Gasteiger partial charge >= 0.3 is 11.9 Å². The normalized spacial score (nSPS) is 9.58. The van der Waals surface area contributed by atoms with E-state index in [-0.39, 0.29) is 13.2 Å². The van der Waals surface area contributed by atoms with Crippen LogP contribution in [0.4, 0.5) is 0 Å². The smallest absolute Gasteiger partial charge is 0.338 e. The van der Waals surface area contributed by atoms with Crippen LogP contribution < -0.4 is 15.6 Å². The summed E-state index contributed by atoms with van der Waals surface area (Å²) in [5.74, 6) is -2.15. The van der Waals surface area contributed by atoms with Gasteiger partial charge in [0, 0.05) is 0 Å². The number of nitrogens with one attached hydrogen (secondary N) is 2. The van der Waals surface area contributed by atoms with Crippen molar-refractivity contribution in [2.24, 2.45) is 0 Å². The van der Waals surface area contributed by atoms with E-state index in [9.17, 15) is 19.2 Å². The second kappa shape index (κ2) is 9.82. The van der Waals surface area contributed by atoms with Crippen molar-refractivity contribution < 1.29 is 33.4 Å². The molecule has 0 saturated carbocycles. The van der Waals surface area contributed by atoms with Crippen LogP contribution in [0, 0.1) is 0 Å². The molecule has 0 aliphatic carbocycles. The van der Waals surface area contributed by atoms with Crippen LogP contribution in [0.15, 0.2) is 24.3 Å². The predicted molar refractivity (Wildman–Crippen MR) is 80.8 cm³/mol. The number of carbonyl (C=O) groups excluding carboxylic acids is 4. The van der Waals surface area contributed by atoms with Gasteiger partial charge in [0.05, 0.1) is 19.3 Å². The fourth-order valence-corrected chi connectivity index (χ4v) is 1.47. The number of ether oxygens (including phenoxy) is 3. The topological polar surface area (TPSA) is 120 Å². The summed E-state index contributed by atoms with van der Waals surface area (Å²) in [6, 6.07) is 6.03.